The van der Waals surface area contributed by atoms with Crippen LogP contribution in [0.5, 0.6) is 0 Å². The summed E-state index contributed by atoms with van der Waals surface area (Å²) in [5, 5.41) is 0. The number of rotatable bonds is 2. The number of carbonyl (C=O) groups is 1. The monoisotopic (exact) mass is 278 g/mol. The average molecular weight is 278 g/mol. The number of nitrogens with two attached hydrogens (primary N) is 1. The largest absolute Gasteiger partial charge is 0.399 e. The maximum Gasteiger partial charge on any atom is 0.254 e. The Morgan fingerprint density at radius 3 is 2.52 bits per heavy atom. The number of anilines is 1. The molecule has 1 aliphatic rings. The van der Waals surface area contributed by atoms with E-state index >= 15 is 0 Å². The van der Waals surface area contributed by atoms with Gasteiger partial charge in [-0.15, -0.1) is 0 Å². The summed E-state index contributed by atoms with van der Waals surface area (Å²) < 4.78 is 0. The van der Waals surface area contributed by atoms with Gasteiger partial charge in [0.05, 0.1) is 0 Å². The van der Waals surface area contributed by atoms with Crippen LogP contribution in [-0.4, -0.2) is 23.9 Å². The Labute approximate surface area is 124 Å². The molecule has 0 saturated heterocycles. The third-order valence-corrected chi connectivity index (χ3v) is 3.77. The Morgan fingerprint density at radius 1 is 1.05 bits per heavy atom. The van der Waals surface area contributed by atoms with Crippen LogP contribution < -0.4 is 5.73 Å². The topological polar surface area (TPSA) is 46.3 Å². The Balaban J connectivity index is 1.73. The fourth-order valence-electron chi connectivity index (χ4n) is 2.62. The molecular weight excluding hydrogens is 260 g/mol. The van der Waals surface area contributed by atoms with Crippen LogP contribution in [0.15, 0.2) is 60.7 Å². The zero-order chi connectivity index (χ0) is 14.7. The molecule has 0 bridgehead atoms. The minimum atomic E-state index is 0.0469. The molecule has 21 heavy (non-hydrogen) atoms. The highest BCUT2D eigenvalue weighted by Crippen LogP contribution is 2.23. The number of hydrogen-bond donors (Lipinski definition) is 1. The molecule has 0 atom stereocenters. The van der Waals surface area contributed by atoms with Gasteiger partial charge in [-0.1, -0.05) is 42.5 Å². The van der Waals surface area contributed by atoms with Gasteiger partial charge in [-0.25, -0.2) is 0 Å². The lowest BCUT2D eigenvalue weighted by molar-refractivity contribution is 0.0773. The van der Waals surface area contributed by atoms with Crippen LogP contribution in [0, 0.1) is 0 Å². The predicted molar refractivity (Wildman–Crippen MR) is 85.8 cm³/mol. The SMILES string of the molecule is Nc1cccc(C(=O)N2CC=C(c3ccccc3)CC2)c1. The number of hydrogen-bond acceptors (Lipinski definition) is 2. The highest BCUT2D eigenvalue weighted by molar-refractivity contribution is 5.95. The Bertz CT molecular complexity index is 677. The maximum absolute atomic E-state index is 12.4. The Hall–Kier alpha value is -2.55. The maximum atomic E-state index is 12.4. The molecule has 2 aromatic rings. The van der Waals surface area contributed by atoms with Crippen molar-refractivity contribution in [2.24, 2.45) is 0 Å². The van der Waals surface area contributed by atoms with Gasteiger partial charge in [0.25, 0.3) is 5.91 Å². The van der Waals surface area contributed by atoms with Crippen molar-refractivity contribution in [2.45, 2.75) is 6.42 Å². The van der Waals surface area contributed by atoms with E-state index in [4.69, 9.17) is 5.73 Å². The molecule has 1 heterocycles. The van der Waals surface area contributed by atoms with E-state index in [9.17, 15) is 4.79 Å². The first kappa shape index (κ1) is 13.4. The lowest BCUT2D eigenvalue weighted by Crippen LogP contribution is -2.34. The number of carbonyl (C=O) groups excluding carboxylic acids is 1. The molecule has 3 rings (SSSR count). The highest BCUT2D eigenvalue weighted by atomic mass is 16.2. The smallest absolute Gasteiger partial charge is 0.254 e. The molecule has 1 aliphatic heterocycles. The number of benzene rings is 2. The Morgan fingerprint density at radius 2 is 1.86 bits per heavy atom. The van der Waals surface area contributed by atoms with Gasteiger partial charge in [-0.3, -0.25) is 4.79 Å². The molecule has 0 saturated carbocycles. The third kappa shape index (κ3) is 2.97. The summed E-state index contributed by atoms with van der Waals surface area (Å²) in [7, 11) is 0. The molecule has 106 valence electrons. The standard InChI is InChI=1S/C18H18N2O/c19-17-8-4-7-16(13-17)18(21)20-11-9-15(10-12-20)14-5-2-1-3-6-14/h1-9,13H,10-12,19H2. The summed E-state index contributed by atoms with van der Waals surface area (Å²) in [4.78, 5) is 14.3. The van der Waals surface area contributed by atoms with E-state index in [1.165, 1.54) is 11.1 Å². The fraction of sp³-hybridized carbons (Fsp3) is 0.167. The summed E-state index contributed by atoms with van der Waals surface area (Å²) in [5.74, 6) is 0.0469. The highest BCUT2D eigenvalue weighted by Gasteiger charge is 2.19. The van der Waals surface area contributed by atoms with E-state index in [1.54, 1.807) is 12.1 Å². The van der Waals surface area contributed by atoms with Crippen molar-refractivity contribution >= 4 is 17.2 Å². The van der Waals surface area contributed by atoms with Crippen LogP contribution in [0.2, 0.25) is 0 Å². The number of nitrogens with zero attached hydrogens (tertiary/aromatic N) is 1. The zero-order valence-electron chi connectivity index (χ0n) is 11.8. The zero-order valence-corrected chi connectivity index (χ0v) is 11.8. The van der Waals surface area contributed by atoms with Crippen LogP contribution in [0.1, 0.15) is 22.3 Å². The molecule has 0 radical (unpaired) electrons. The van der Waals surface area contributed by atoms with Crippen molar-refractivity contribution in [1.82, 2.24) is 4.90 Å². The van der Waals surface area contributed by atoms with Crippen molar-refractivity contribution in [3.63, 3.8) is 0 Å². The molecule has 0 aromatic heterocycles. The molecule has 0 fully saturated rings. The number of amides is 1. The lowest BCUT2D eigenvalue weighted by Gasteiger charge is -2.27. The van der Waals surface area contributed by atoms with E-state index in [0.29, 0.717) is 17.8 Å². The van der Waals surface area contributed by atoms with Crippen LogP contribution >= 0.6 is 0 Å². The second-order valence-corrected chi connectivity index (χ2v) is 5.22. The van der Waals surface area contributed by atoms with Crippen molar-refractivity contribution in [1.29, 1.82) is 0 Å². The first-order valence-electron chi connectivity index (χ1n) is 7.13. The molecule has 2 aromatic carbocycles. The molecule has 1 amide bonds. The minimum absolute atomic E-state index is 0.0469. The van der Waals surface area contributed by atoms with Crippen LogP contribution in [0.25, 0.3) is 5.57 Å². The first-order chi connectivity index (χ1) is 10.2. The molecule has 0 unspecified atom stereocenters. The summed E-state index contributed by atoms with van der Waals surface area (Å²) >= 11 is 0. The van der Waals surface area contributed by atoms with Gasteiger partial charge >= 0.3 is 0 Å². The van der Waals surface area contributed by atoms with Crippen molar-refractivity contribution in [3.8, 4) is 0 Å². The molecular formula is C18H18N2O. The summed E-state index contributed by atoms with van der Waals surface area (Å²) in [6.45, 7) is 1.40. The minimum Gasteiger partial charge on any atom is -0.399 e. The van der Waals surface area contributed by atoms with Crippen molar-refractivity contribution in [2.75, 3.05) is 18.8 Å². The third-order valence-electron chi connectivity index (χ3n) is 3.77. The average Bonchev–Trinajstić information content (AvgIpc) is 2.55. The van der Waals surface area contributed by atoms with E-state index in [0.717, 1.165) is 13.0 Å². The van der Waals surface area contributed by atoms with Gasteiger partial charge < -0.3 is 10.6 Å². The van der Waals surface area contributed by atoms with Gasteiger partial charge in [0.1, 0.15) is 0 Å². The van der Waals surface area contributed by atoms with Gasteiger partial charge in [0.15, 0.2) is 0 Å². The molecule has 0 spiro atoms. The van der Waals surface area contributed by atoms with E-state index < -0.39 is 0 Å². The van der Waals surface area contributed by atoms with Crippen molar-refractivity contribution in [3.05, 3.63) is 71.8 Å². The van der Waals surface area contributed by atoms with Gasteiger partial charge in [0, 0.05) is 24.3 Å². The summed E-state index contributed by atoms with van der Waals surface area (Å²) in [5.41, 5.74) is 9.58. The molecule has 3 heteroatoms. The molecule has 3 nitrogen and oxygen atoms in total. The Kier molecular flexibility index (Phi) is 3.73. The quantitative estimate of drug-likeness (QED) is 0.857. The lowest BCUT2D eigenvalue weighted by atomic mass is 9.99. The predicted octanol–water partition coefficient (Wildman–Crippen LogP) is 3.20. The fourth-order valence-corrected chi connectivity index (χ4v) is 2.62. The summed E-state index contributed by atoms with van der Waals surface area (Å²) in [6.07, 6.45) is 3.03. The van der Waals surface area contributed by atoms with Crippen LogP contribution in [0.4, 0.5) is 5.69 Å². The van der Waals surface area contributed by atoms with Gasteiger partial charge in [-0.05, 0) is 35.8 Å². The normalized spacial score (nSPS) is 14.7. The first-order valence-corrected chi connectivity index (χ1v) is 7.13. The van der Waals surface area contributed by atoms with Gasteiger partial charge in [-0.2, -0.15) is 0 Å². The second-order valence-electron chi connectivity index (χ2n) is 5.22. The number of nitrogen functional groups attached to an aromatic ring is 1. The van der Waals surface area contributed by atoms with Crippen LogP contribution in [0.3, 0.4) is 0 Å². The van der Waals surface area contributed by atoms with Gasteiger partial charge in [0.2, 0.25) is 0 Å². The van der Waals surface area contributed by atoms with E-state index in [1.807, 2.05) is 35.2 Å². The summed E-state index contributed by atoms with van der Waals surface area (Å²) in [6, 6.07) is 17.5. The van der Waals surface area contributed by atoms with Crippen LogP contribution in [-0.2, 0) is 0 Å². The van der Waals surface area contributed by atoms with Crippen molar-refractivity contribution < 1.29 is 4.79 Å². The van der Waals surface area contributed by atoms with E-state index in [-0.39, 0.29) is 5.91 Å². The second kappa shape index (κ2) is 5.83. The van der Waals surface area contributed by atoms with E-state index in [2.05, 4.69) is 18.2 Å². The molecule has 2 N–H and O–H groups in total. The molecule has 0 aliphatic carbocycles.